The molecule has 0 fully saturated rings. The Balaban J connectivity index is 1.99. The predicted octanol–water partition coefficient (Wildman–Crippen LogP) is 1.94. The molecular weight excluding hydrogens is 264 g/mol. The minimum Gasteiger partial charge on any atom is -0.326 e. The molecule has 0 amide bonds. The summed E-state index contributed by atoms with van der Waals surface area (Å²) in [6.45, 7) is 10.3. The summed E-state index contributed by atoms with van der Waals surface area (Å²) in [6, 6.07) is 4.06. The molecule has 5 nitrogen and oxygen atoms in total. The van der Waals surface area contributed by atoms with E-state index in [-0.39, 0.29) is 5.56 Å². The first-order valence-corrected chi connectivity index (χ1v) is 7.26. The number of aromatic nitrogens is 3. The lowest BCUT2D eigenvalue weighted by Gasteiger charge is -2.17. The van der Waals surface area contributed by atoms with Gasteiger partial charge in [0.2, 0.25) is 0 Å². The number of hydrogen-bond donors (Lipinski definition) is 1. The second kappa shape index (κ2) is 6.26. The van der Waals surface area contributed by atoms with Gasteiger partial charge in [-0.2, -0.15) is 5.10 Å². The summed E-state index contributed by atoms with van der Waals surface area (Å²) in [4.78, 5) is 17.0. The summed E-state index contributed by atoms with van der Waals surface area (Å²) in [6.07, 6.45) is 0. The normalized spacial score (nSPS) is 11.3. The summed E-state index contributed by atoms with van der Waals surface area (Å²) in [5, 5.41) is 4.45. The molecule has 0 radical (unpaired) electrons. The summed E-state index contributed by atoms with van der Waals surface area (Å²) in [5.41, 5.74) is 5.10. The fourth-order valence-corrected chi connectivity index (χ4v) is 2.44. The van der Waals surface area contributed by atoms with Gasteiger partial charge in [-0.1, -0.05) is 0 Å². The van der Waals surface area contributed by atoms with Crippen LogP contribution < -0.4 is 5.56 Å². The van der Waals surface area contributed by atoms with Crippen molar-refractivity contribution >= 4 is 0 Å². The number of aryl methyl sites for hydroxylation is 4. The lowest BCUT2D eigenvalue weighted by molar-refractivity contribution is 0.302. The molecule has 1 N–H and O–H groups in total. The van der Waals surface area contributed by atoms with E-state index in [2.05, 4.69) is 28.0 Å². The van der Waals surface area contributed by atoms with Gasteiger partial charge in [0, 0.05) is 30.0 Å². The van der Waals surface area contributed by atoms with Crippen molar-refractivity contribution in [2.75, 3.05) is 13.6 Å². The Kier molecular flexibility index (Phi) is 4.63. The first kappa shape index (κ1) is 15.5. The van der Waals surface area contributed by atoms with E-state index in [1.165, 1.54) is 5.69 Å². The van der Waals surface area contributed by atoms with Gasteiger partial charge in [0.15, 0.2) is 0 Å². The molecule has 114 valence electrons. The van der Waals surface area contributed by atoms with Gasteiger partial charge in [0.1, 0.15) is 0 Å². The van der Waals surface area contributed by atoms with Crippen LogP contribution >= 0.6 is 0 Å². The molecule has 0 aliphatic rings. The molecule has 0 aromatic carbocycles. The van der Waals surface area contributed by atoms with Crippen LogP contribution in [0, 0.1) is 27.7 Å². The van der Waals surface area contributed by atoms with Gasteiger partial charge in [-0.25, -0.2) is 0 Å². The third kappa shape index (κ3) is 3.82. The van der Waals surface area contributed by atoms with E-state index < -0.39 is 0 Å². The lowest BCUT2D eigenvalue weighted by atomic mass is 10.1. The van der Waals surface area contributed by atoms with E-state index in [9.17, 15) is 4.79 Å². The molecular formula is C16H24N4O. The van der Waals surface area contributed by atoms with Crippen LogP contribution in [0.15, 0.2) is 16.9 Å². The lowest BCUT2D eigenvalue weighted by Crippen LogP contribution is -2.27. The zero-order valence-corrected chi connectivity index (χ0v) is 13.5. The third-order valence-corrected chi connectivity index (χ3v) is 3.81. The van der Waals surface area contributed by atoms with Crippen molar-refractivity contribution in [1.29, 1.82) is 0 Å². The SMILES string of the molecule is Cc1cc(C)n(CCN(C)Cc2cc(C)c(C)[nH]c2=O)n1. The van der Waals surface area contributed by atoms with Crippen molar-refractivity contribution in [2.45, 2.75) is 40.8 Å². The second-order valence-electron chi connectivity index (χ2n) is 5.82. The van der Waals surface area contributed by atoms with Crippen molar-refractivity contribution in [1.82, 2.24) is 19.7 Å². The van der Waals surface area contributed by atoms with Gasteiger partial charge >= 0.3 is 0 Å². The number of H-pyrrole nitrogens is 1. The van der Waals surface area contributed by atoms with Crippen molar-refractivity contribution in [3.05, 3.63) is 50.7 Å². The monoisotopic (exact) mass is 288 g/mol. The van der Waals surface area contributed by atoms with Gasteiger partial charge < -0.3 is 9.88 Å². The topological polar surface area (TPSA) is 53.9 Å². The van der Waals surface area contributed by atoms with Gasteiger partial charge in [-0.15, -0.1) is 0 Å². The van der Waals surface area contributed by atoms with Gasteiger partial charge in [-0.3, -0.25) is 9.48 Å². The maximum absolute atomic E-state index is 12.0. The molecule has 0 unspecified atom stereocenters. The van der Waals surface area contributed by atoms with Crippen molar-refractivity contribution in [2.24, 2.45) is 0 Å². The van der Waals surface area contributed by atoms with E-state index in [0.717, 1.165) is 35.6 Å². The van der Waals surface area contributed by atoms with E-state index in [0.29, 0.717) is 6.54 Å². The standard InChI is InChI=1S/C16H24N4O/c1-11-8-15(16(21)17-14(11)4)10-19(5)6-7-20-13(3)9-12(2)18-20/h8-9H,6-7,10H2,1-5H3,(H,17,21). The number of aromatic amines is 1. The summed E-state index contributed by atoms with van der Waals surface area (Å²) >= 11 is 0. The minimum atomic E-state index is 0.0102. The highest BCUT2D eigenvalue weighted by molar-refractivity contribution is 5.23. The first-order valence-electron chi connectivity index (χ1n) is 7.26. The highest BCUT2D eigenvalue weighted by Crippen LogP contribution is 2.06. The van der Waals surface area contributed by atoms with Crippen molar-refractivity contribution < 1.29 is 0 Å². The Hall–Kier alpha value is -1.88. The number of likely N-dealkylation sites (N-methyl/N-ethyl adjacent to an activating group) is 1. The average Bonchev–Trinajstić information content (AvgIpc) is 2.72. The van der Waals surface area contributed by atoms with Crippen LogP contribution in [0.5, 0.6) is 0 Å². The zero-order valence-electron chi connectivity index (χ0n) is 13.5. The average molecular weight is 288 g/mol. The molecule has 0 spiro atoms. The fraction of sp³-hybridized carbons (Fsp3) is 0.500. The number of nitrogens with zero attached hydrogens (tertiary/aromatic N) is 3. The van der Waals surface area contributed by atoms with E-state index in [4.69, 9.17) is 0 Å². The number of hydrogen-bond acceptors (Lipinski definition) is 3. The molecule has 0 aliphatic heterocycles. The van der Waals surface area contributed by atoms with Crippen LogP contribution in [0.3, 0.4) is 0 Å². The van der Waals surface area contributed by atoms with E-state index in [1.807, 2.05) is 38.6 Å². The largest absolute Gasteiger partial charge is 0.326 e. The Morgan fingerprint density at radius 2 is 1.95 bits per heavy atom. The Labute approximate surface area is 125 Å². The summed E-state index contributed by atoms with van der Waals surface area (Å²) in [5.74, 6) is 0. The smallest absolute Gasteiger partial charge is 0.252 e. The number of nitrogens with one attached hydrogen (secondary N) is 1. The van der Waals surface area contributed by atoms with Crippen LogP contribution in [0.2, 0.25) is 0 Å². The van der Waals surface area contributed by atoms with Crippen LogP contribution in [0.4, 0.5) is 0 Å². The Morgan fingerprint density at radius 3 is 2.57 bits per heavy atom. The molecule has 2 heterocycles. The number of rotatable bonds is 5. The molecule has 0 saturated carbocycles. The van der Waals surface area contributed by atoms with Crippen LogP contribution in [-0.4, -0.2) is 33.3 Å². The molecule has 2 aromatic heterocycles. The van der Waals surface area contributed by atoms with Gasteiger partial charge in [0.25, 0.3) is 5.56 Å². The van der Waals surface area contributed by atoms with Crippen LogP contribution in [-0.2, 0) is 13.1 Å². The zero-order chi connectivity index (χ0) is 15.6. The summed E-state index contributed by atoms with van der Waals surface area (Å²) in [7, 11) is 2.03. The maximum Gasteiger partial charge on any atom is 0.252 e. The van der Waals surface area contributed by atoms with Crippen LogP contribution in [0.25, 0.3) is 0 Å². The highest BCUT2D eigenvalue weighted by atomic mass is 16.1. The quantitative estimate of drug-likeness (QED) is 0.915. The summed E-state index contributed by atoms with van der Waals surface area (Å²) < 4.78 is 2.01. The van der Waals surface area contributed by atoms with Gasteiger partial charge in [-0.05, 0) is 52.4 Å². The van der Waals surface area contributed by atoms with E-state index in [1.54, 1.807) is 0 Å². The fourth-order valence-electron chi connectivity index (χ4n) is 2.44. The molecule has 0 saturated heterocycles. The highest BCUT2D eigenvalue weighted by Gasteiger charge is 2.08. The second-order valence-corrected chi connectivity index (χ2v) is 5.82. The molecule has 0 aliphatic carbocycles. The maximum atomic E-state index is 12.0. The molecule has 0 atom stereocenters. The molecule has 0 bridgehead atoms. The van der Waals surface area contributed by atoms with Crippen molar-refractivity contribution in [3.63, 3.8) is 0 Å². The molecule has 2 aromatic rings. The molecule has 5 heteroatoms. The van der Waals surface area contributed by atoms with E-state index >= 15 is 0 Å². The van der Waals surface area contributed by atoms with Crippen molar-refractivity contribution in [3.8, 4) is 0 Å². The van der Waals surface area contributed by atoms with Gasteiger partial charge in [0.05, 0.1) is 12.2 Å². The first-order chi connectivity index (χ1) is 9.86. The molecule has 2 rings (SSSR count). The predicted molar refractivity (Wildman–Crippen MR) is 84.6 cm³/mol. The van der Waals surface area contributed by atoms with Crippen LogP contribution in [0.1, 0.15) is 28.2 Å². The number of pyridine rings is 1. The Morgan fingerprint density at radius 1 is 1.24 bits per heavy atom. The Bertz CT molecular complexity index is 684. The molecule has 21 heavy (non-hydrogen) atoms. The minimum absolute atomic E-state index is 0.0102. The third-order valence-electron chi connectivity index (χ3n) is 3.81.